The Hall–Kier alpha value is -7.02. The maximum atomic E-state index is 14.2. The third-order valence-corrected chi connectivity index (χ3v) is 15.6. The molecule has 24 nitrogen and oxygen atoms in total. The van der Waals surface area contributed by atoms with Crippen molar-refractivity contribution in [3.63, 3.8) is 0 Å². The molecular formula is C64H84F4N8O16S. The third kappa shape index (κ3) is 26.7. The number of amidine groups is 1. The molecule has 29 heteroatoms. The summed E-state index contributed by atoms with van der Waals surface area (Å²) in [6.45, 7) is 10.8. The van der Waals surface area contributed by atoms with E-state index >= 15 is 0 Å². The van der Waals surface area contributed by atoms with Crippen LogP contribution in [0.4, 0.5) is 28.9 Å². The Labute approximate surface area is 539 Å². The first-order valence-corrected chi connectivity index (χ1v) is 32.2. The molecule has 0 atom stereocenters. The molecule has 6 rings (SSSR count). The quantitative estimate of drug-likeness (QED) is 0.00748. The van der Waals surface area contributed by atoms with Gasteiger partial charge in [0.05, 0.1) is 161 Å². The number of carbonyl (C=O) groups is 2. The van der Waals surface area contributed by atoms with Crippen LogP contribution in [0.1, 0.15) is 43.7 Å². The molecule has 510 valence electrons. The van der Waals surface area contributed by atoms with Crippen molar-refractivity contribution in [3.05, 3.63) is 113 Å². The van der Waals surface area contributed by atoms with E-state index in [2.05, 4.69) is 26.4 Å². The van der Waals surface area contributed by atoms with Gasteiger partial charge in [-0.05, 0) is 66.4 Å². The van der Waals surface area contributed by atoms with Crippen LogP contribution in [0.5, 0.6) is 5.75 Å². The molecule has 93 heavy (non-hydrogen) atoms. The summed E-state index contributed by atoms with van der Waals surface area (Å²) in [6, 6.07) is 21.5. The summed E-state index contributed by atoms with van der Waals surface area (Å²) in [5, 5.41) is 25.4. The van der Waals surface area contributed by atoms with E-state index in [1.54, 1.807) is 41.3 Å². The van der Waals surface area contributed by atoms with Crippen LogP contribution in [-0.4, -0.2) is 224 Å². The van der Waals surface area contributed by atoms with E-state index in [0.717, 1.165) is 12.0 Å². The number of nitrogens with zero attached hydrogens (tertiary/aromatic N) is 5. The van der Waals surface area contributed by atoms with Gasteiger partial charge < -0.3 is 78.5 Å². The minimum Gasteiger partial charge on any atom is -0.420 e. The van der Waals surface area contributed by atoms with Crippen molar-refractivity contribution < 1.29 is 92.8 Å². The highest BCUT2D eigenvalue weighted by Crippen LogP contribution is 2.34. The normalized spacial score (nSPS) is 13.6. The van der Waals surface area contributed by atoms with Gasteiger partial charge in [0, 0.05) is 81.1 Å². The number of nitrogens with one attached hydrogen (secondary N) is 2. The van der Waals surface area contributed by atoms with Gasteiger partial charge in [-0.3, -0.25) is 14.6 Å². The number of hydrogen-bond donors (Lipinski definition) is 4. The lowest BCUT2D eigenvalue weighted by Crippen LogP contribution is -2.51. The van der Waals surface area contributed by atoms with Gasteiger partial charge in [0.15, 0.2) is 17.6 Å². The summed E-state index contributed by atoms with van der Waals surface area (Å²) in [4.78, 5) is 37.4. The standard InChI is InChI=1S/C64H84F4N8O16S/c1-2-15-75(63(79)52-38-51-11-10-50(40-57(51)74-58(70)41-52)49-7-4-9-54(39-49)93(80,81)76-44-48(45-76)46-77)16-5-13-71-64(73-53-8-3-6-47(37-53)43-69)72-14-18-83-20-22-85-24-26-87-28-30-89-32-34-91-36-35-90-33-31-88-29-27-86-25-23-84-21-19-82-17-12-59(78)92-62-60(67)55(65)42-56(66)61(62)68/h3-4,6-11,37-40,42,48,77H,2,5,12-36,41,44-46H2,1H3,(H2,70,74)(H2,71,72,73). The number of hydrogen-bond acceptors (Lipinski definition) is 20. The molecule has 0 spiro atoms. The number of aliphatic hydroxyl groups is 1. The van der Waals surface area contributed by atoms with Crippen LogP contribution in [0.2, 0.25) is 0 Å². The number of aliphatic imine (C=N–C) groups is 2. The number of esters is 1. The Morgan fingerprint density at radius 2 is 1.25 bits per heavy atom. The molecule has 0 saturated carbocycles. The minimum absolute atomic E-state index is 0.0124. The van der Waals surface area contributed by atoms with E-state index in [1.807, 2.05) is 43.3 Å². The zero-order valence-corrected chi connectivity index (χ0v) is 53.1. The maximum Gasteiger partial charge on any atom is 0.313 e. The number of carbonyl (C=O) groups excluding carboxylic acids is 2. The highest BCUT2D eigenvalue weighted by Gasteiger charge is 2.36. The number of benzene rings is 4. The fourth-order valence-electron chi connectivity index (χ4n) is 8.99. The number of anilines is 1. The second-order valence-electron chi connectivity index (χ2n) is 20.9. The van der Waals surface area contributed by atoms with Gasteiger partial charge in [-0.2, -0.15) is 18.3 Å². The molecule has 1 fully saturated rings. The maximum absolute atomic E-state index is 14.2. The highest BCUT2D eigenvalue weighted by atomic mass is 32.2. The van der Waals surface area contributed by atoms with Gasteiger partial charge in [-0.1, -0.05) is 37.3 Å². The van der Waals surface area contributed by atoms with Crippen molar-refractivity contribution in [1.82, 2.24) is 14.5 Å². The van der Waals surface area contributed by atoms with E-state index in [4.69, 9.17) is 58.1 Å². The third-order valence-electron chi connectivity index (χ3n) is 13.8. The number of nitriles is 1. The van der Waals surface area contributed by atoms with E-state index in [1.165, 1.54) is 4.31 Å². The molecule has 4 aromatic carbocycles. The molecule has 5 N–H and O–H groups in total. The molecule has 0 radical (unpaired) electrons. The molecule has 2 aliphatic heterocycles. The molecule has 1 amide bonds. The summed E-state index contributed by atoms with van der Waals surface area (Å²) in [5.41, 5.74) is 10.8. The molecule has 0 aliphatic carbocycles. The zero-order valence-electron chi connectivity index (χ0n) is 52.3. The van der Waals surface area contributed by atoms with E-state index in [0.29, 0.717) is 178 Å². The molecule has 0 unspecified atom stereocenters. The summed E-state index contributed by atoms with van der Waals surface area (Å²) in [5.74, 6) is -9.01. The number of ether oxygens (including phenoxy) is 11. The first kappa shape index (κ1) is 75.0. The molecule has 0 aromatic heterocycles. The average Bonchev–Trinajstić information content (AvgIpc) is 1.20. The Bertz CT molecular complexity index is 3180. The van der Waals surface area contributed by atoms with Crippen molar-refractivity contribution in [2.24, 2.45) is 21.6 Å². The van der Waals surface area contributed by atoms with E-state index in [9.17, 15) is 45.9 Å². The Morgan fingerprint density at radius 1 is 0.710 bits per heavy atom. The van der Waals surface area contributed by atoms with Crippen LogP contribution in [0, 0.1) is 40.5 Å². The number of halogens is 4. The average molecular weight is 1330 g/mol. The Kier molecular flexibility index (Phi) is 34.1. The second kappa shape index (κ2) is 42.3. The number of fused-ring (bicyclic) bond motifs is 1. The molecule has 1 saturated heterocycles. The van der Waals surface area contributed by atoms with Crippen molar-refractivity contribution in [2.45, 2.75) is 37.5 Å². The molecule has 0 bridgehead atoms. The van der Waals surface area contributed by atoms with E-state index < -0.39 is 51.4 Å². The zero-order chi connectivity index (χ0) is 66.5. The summed E-state index contributed by atoms with van der Waals surface area (Å²) in [7, 11) is -3.72. The SMILES string of the molecule is CCCN(CCCN=C(NCCOCCOCCOCCOCCOCCOCCOCCOCCOCCOCCC(=O)Oc1c(F)c(F)cc(F)c1F)Nc1cccc(C#N)c1)C(=O)C1=Cc2ccc(-c3cccc(S(=O)(=O)N4CC(CO)C4)c3)cc2N=C(N)C1. The molecule has 4 aromatic rings. The Morgan fingerprint density at radius 3 is 1.80 bits per heavy atom. The lowest BCUT2D eigenvalue weighted by molar-refractivity contribution is -0.136. The van der Waals surface area contributed by atoms with Gasteiger partial charge in [0.25, 0.3) is 0 Å². The predicted octanol–water partition coefficient (Wildman–Crippen LogP) is 6.02. The molecular weight excluding hydrogens is 1240 g/mol. The number of aliphatic hydroxyl groups excluding tert-OH is 1. The van der Waals surface area contributed by atoms with Crippen LogP contribution in [0.15, 0.2) is 93.2 Å². The molecule has 2 heterocycles. The smallest absolute Gasteiger partial charge is 0.313 e. The van der Waals surface area contributed by atoms with Crippen LogP contribution in [0.3, 0.4) is 0 Å². The lowest BCUT2D eigenvalue weighted by Gasteiger charge is -2.36. The molecule has 2 aliphatic rings. The van der Waals surface area contributed by atoms with Gasteiger partial charge in [-0.15, -0.1) is 0 Å². The van der Waals surface area contributed by atoms with Crippen LogP contribution in [-0.2, 0) is 67.0 Å². The number of rotatable bonds is 46. The number of nitrogens with two attached hydrogens (primary N) is 1. The van der Waals surface area contributed by atoms with Crippen molar-refractivity contribution in [3.8, 4) is 22.9 Å². The summed E-state index contributed by atoms with van der Waals surface area (Å²) < 4.78 is 141. The van der Waals surface area contributed by atoms with Crippen molar-refractivity contribution >= 4 is 51.1 Å². The lowest BCUT2D eigenvalue weighted by atomic mass is 10.0. The first-order valence-electron chi connectivity index (χ1n) is 30.8. The fraction of sp³-hybridized carbons (Fsp3) is 0.516. The van der Waals surface area contributed by atoms with Crippen LogP contribution >= 0.6 is 0 Å². The van der Waals surface area contributed by atoms with Crippen molar-refractivity contribution in [2.75, 3.05) is 183 Å². The number of guanidine groups is 1. The van der Waals surface area contributed by atoms with Crippen LogP contribution < -0.4 is 21.1 Å². The number of sulfonamides is 1. The highest BCUT2D eigenvalue weighted by molar-refractivity contribution is 7.89. The predicted molar refractivity (Wildman–Crippen MR) is 336 cm³/mol. The first-order chi connectivity index (χ1) is 45.2. The van der Waals surface area contributed by atoms with Gasteiger partial charge in [0.1, 0.15) is 5.84 Å². The van der Waals surface area contributed by atoms with Crippen molar-refractivity contribution in [1.29, 1.82) is 5.26 Å². The monoisotopic (exact) mass is 1330 g/mol. The summed E-state index contributed by atoms with van der Waals surface area (Å²) in [6.07, 6.45) is 2.84. The minimum atomic E-state index is -3.72. The topological polar surface area (TPSA) is 295 Å². The Balaban J connectivity index is 0.747. The van der Waals surface area contributed by atoms with Crippen LogP contribution in [0.25, 0.3) is 17.2 Å². The largest absolute Gasteiger partial charge is 0.420 e. The van der Waals surface area contributed by atoms with E-state index in [-0.39, 0.29) is 81.2 Å². The fourth-order valence-corrected chi connectivity index (χ4v) is 10.6. The van der Waals surface area contributed by atoms with Gasteiger partial charge in [0.2, 0.25) is 33.3 Å². The van der Waals surface area contributed by atoms with Gasteiger partial charge >= 0.3 is 5.97 Å². The second-order valence-corrected chi connectivity index (χ2v) is 22.8. The van der Waals surface area contributed by atoms with Gasteiger partial charge in [-0.25, -0.2) is 22.2 Å². The summed E-state index contributed by atoms with van der Waals surface area (Å²) >= 11 is 0. The number of amides is 1.